The van der Waals surface area contributed by atoms with Crippen molar-refractivity contribution < 1.29 is 9.47 Å². The zero-order valence-electron chi connectivity index (χ0n) is 15.4. The maximum absolute atomic E-state index is 6.20. The van der Waals surface area contributed by atoms with Crippen LogP contribution in [0.3, 0.4) is 0 Å². The minimum Gasteiger partial charge on any atom is -0.485 e. The first-order chi connectivity index (χ1) is 13.2. The van der Waals surface area contributed by atoms with Gasteiger partial charge in [-0.15, -0.1) is 0 Å². The summed E-state index contributed by atoms with van der Waals surface area (Å²) in [5.41, 5.74) is 8.12. The smallest absolute Gasteiger partial charge is 0.278 e. The number of nitrogens with zero attached hydrogens (tertiary/aromatic N) is 1. The van der Waals surface area contributed by atoms with Gasteiger partial charge >= 0.3 is 0 Å². The Morgan fingerprint density at radius 2 is 2.11 bits per heavy atom. The summed E-state index contributed by atoms with van der Waals surface area (Å²) in [6.07, 6.45) is 4.90. The van der Waals surface area contributed by atoms with Gasteiger partial charge in [-0.25, -0.2) is 4.98 Å². The molecular formula is C22H24N2O2S. The number of aromatic nitrogens is 1. The van der Waals surface area contributed by atoms with Crippen molar-refractivity contribution in [2.75, 3.05) is 6.54 Å². The first kappa shape index (κ1) is 18.0. The molecule has 5 heteroatoms. The number of hydrogen-bond acceptors (Lipinski definition) is 5. The summed E-state index contributed by atoms with van der Waals surface area (Å²) in [5.74, 6) is 2.21. The predicted molar refractivity (Wildman–Crippen MR) is 109 cm³/mol. The molecule has 2 atom stereocenters. The fourth-order valence-corrected chi connectivity index (χ4v) is 4.23. The Bertz CT molecular complexity index is 894. The normalized spacial score (nSPS) is 17.0. The lowest BCUT2D eigenvalue weighted by Gasteiger charge is -2.26. The monoisotopic (exact) mass is 380 g/mol. The first-order valence-corrected chi connectivity index (χ1v) is 10.2. The number of hydrogen-bond donors (Lipinski definition) is 1. The van der Waals surface area contributed by atoms with Gasteiger partial charge in [-0.3, -0.25) is 0 Å². The second-order valence-corrected chi connectivity index (χ2v) is 8.14. The summed E-state index contributed by atoms with van der Waals surface area (Å²) in [6, 6.07) is 16.4. The fraction of sp³-hybridized carbons (Fsp3) is 0.318. The molecule has 0 aliphatic carbocycles. The van der Waals surface area contributed by atoms with Crippen LogP contribution in [0.15, 0.2) is 54.7 Å². The van der Waals surface area contributed by atoms with E-state index in [2.05, 4.69) is 42.2 Å². The molecule has 27 heavy (non-hydrogen) atoms. The molecule has 140 valence electrons. The van der Waals surface area contributed by atoms with Gasteiger partial charge in [0.1, 0.15) is 17.6 Å². The molecule has 0 fully saturated rings. The molecule has 1 aromatic heterocycles. The quantitative estimate of drug-likeness (QED) is 0.643. The summed E-state index contributed by atoms with van der Waals surface area (Å²) < 4.78 is 12.2. The van der Waals surface area contributed by atoms with Crippen LogP contribution < -0.4 is 15.2 Å². The van der Waals surface area contributed by atoms with Crippen molar-refractivity contribution >= 4 is 11.3 Å². The molecular weight excluding hydrogens is 356 g/mol. The molecule has 2 N–H and O–H groups in total. The lowest BCUT2D eigenvalue weighted by molar-refractivity contribution is 0.176. The van der Waals surface area contributed by atoms with Crippen LogP contribution >= 0.6 is 11.3 Å². The van der Waals surface area contributed by atoms with E-state index in [4.69, 9.17) is 15.2 Å². The van der Waals surface area contributed by atoms with E-state index in [1.165, 1.54) is 16.0 Å². The zero-order valence-corrected chi connectivity index (χ0v) is 16.2. The molecule has 1 aliphatic heterocycles. The molecule has 4 nitrogen and oxygen atoms in total. The van der Waals surface area contributed by atoms with Crippen molar-refractivity contribution in [1.29, 1.82) is 0 Å². The molecule has 0 saturated carbocycles. The van der Waals surface area contributed by atoms with Crippen LogP contribution in [0.25, 0.3) is 0 Å². The van der Waals surface area contributed by atoms with Gasteiger partial charge in [-0.2, -0.15) is 0 Å². The van der Waals surface area contributed by atoms with Gasteiger partial charge in [0.15, 0.2) is 0 Å². The molecule has 0 amide bonds. The third kappa shape index (κ3) is 4.31. The molecule has 1 aliphatic rings. The fourth-order valence-electron chi connectivity index (χ4n) is 3.29. The summed E-state index contributed by atoms with van der Waals surface area (Å²) in [7, 11) is 0. The van der Waals surface area contributed by atoms with Gasteiger partial charge in [-0.05, 0) is 61.1 Å². The number of nitrogens with two attached hydrogens (primary N) is 1. The summed E-state index contributed by atoms with van der Waals surface area (Å²) in [6.45, 7) is 2.83. The van der Waals surface area contributed by atoms with Crippen LogP contribution in [0.2, 0.25) is 0 Å². The number of fused-ring (bicyclic) bond motifs is 1. The minimum absolute atomic E-state index is 0.122. The number of ether oxygens (including phenoxy) is 2. The molecule has 0 radical (unpaired) electrons. The lowest BCUT2D eigenvalue weighted by Crippen LogP contribution is -2.15. The van der Waals surface area contributed by atoms with Gasteiger partial charge in [0.2, 0.25) is 0 Å². The van der Waals surface area contributed by atoms with E-state index in [-0.39, 0.29) is 6.10 Å². The topological polar surface area (TPSA) is 57.4 Å². The molecule has 0 bridgehead atoms. The molecule has 3 aromatic rings. The molecule has 0 spiro atoms. The predicted octanol–water partition coefficient (Wildman–Crippen LogP) is 5.14. The van der Waals surface area contributed by atoms with E-state index in [1.54, 1.807) is 11.3 Å². The maximum Gasteiger partial charge on any atom is 0.278 e. The number of thiazole rings is 1. The minimum atomic E-state index is 0.122. The standard InChI is InChI=1S/C22H24N2O2S/c1-15(13-23)11-19-14-24-22(27-19)25-18-8-10-21-17(12-18)7-9-20(26-21)16-5-3-2-4-6-16/h2-6,8,10,12,14-15,20H,7,9,11,13,23H2,1H3. The third-order valence-electron chi connectivity index (χ3n) is 4.84. The highest BCUT2D eigenvalue weighted by Crippen LogP contribution is 2.38. The van der Waals surface area contributed by atoms with E-state index < -0.39 is 0 Å². The Balaban J connectivity index is 1.43. The van der Waals surface area contributed by atoms with E-state index in [0.29, 0.717) is 17.7 Å². The average Bonchev–Trinajstić information content (AvgIpc) is 3.14. The number of rotatable bonds is 6. The maximum atomic E-state index is 6.20. The Morgan fingerprint density at radius 1 is 1.26 bits per heavy atom. The molecule has 4 rings (SSSR count). The van der Waals surface area contributed by atoms with Gasteiger partial charge in [0.05, 0.1) is 0 Å². The van der Waals surface area contributed by atoms with Crippen LogP contribution in [0.5, 0.6) is 16.7 Å². The molecule has 2 unspecified atom stereocenters. The second-order valence-electron chi connectivity index (χ2n) is 7.06. The first-order valence-electron chi connectivity index (χ1n) is 9.38. The van der Waals surface area contributed by atoms with Crippen LogP contribution in [0.1, 0.15) is 35.5 Å². The Morgan fingerprint density at radius 3 is 2.93 bits per heavy atom. The van der Waals surface area contributed by atoms with Crippen LogP contribution in [-0.4, -0.2) is 11.5 Å². The third-order valence-corrected chi connectivity index (χ3v) is 5.74. The van der Waals surface area contributed by atoms with Crippen molar-refractivity contribution in [3.05, 3.63) is 70.7 Å². The molecule has 2 aromatic carbocycles. The average molecular weight is 381 g/mol. The Kier molecular flexibility index (Phi) is 5.41. The zero-order chi connectivity index (χ0) is 18.6. The summed E-state index contributed by atoms with van der Waals surface area (Å²) in [5, 5.41) is 0.674. The molecule has 2 heterocycles. The largest absolute Gasteiger partial charge is 0.485 e. The van der Waals surface area contributed by atoms with Gasteiger partial charge in [0.25, 0.3) is 5.19 Å². The Labute approximate surface area is 164 Å². The van der Waals surface area contributed by atoms with Crippen molar-refractivity contribution in [2.24, 2.45) is 11.7 Å². The molecule has 0 saturated heterocycles. The highest BCUT2D eigenvalue weighted by Gasteiger charge is 2.21. The van der Waals surface area contributed by atoms with Crippen molar-refractivity contribution in [3.8, 4) is 16.7 Å². The van der Waals surface area contributed by atoms with Crippen molar-refractivity contribution in [1.82, 2.24) is 4.98 Å². The second kappa shape index (κ2) is 8.11. The van der Waals surface area contributed by atoms with E-state index in [1.807, 2.05) is 24.4 Å². The highest BCUT2D eigenvalue weighted by molar-refractivity contribution is 7.13. The van der Waals surface area contributed by atoms with Crippen LogP contribution in [0.4, 0.5) is 0 Å². The lowest BCUT2D eigenvalue weighted by atomic mass is 9.97. The number of aryl methyl sites for hydroxylation is 1. The SMILES string of the molecule is CC(CN)Cc1cnc(Oc2ccc3c(c2)CCC(c2ccccc2)O3)s1. The van der Waals surface area contributed by atoms with Crippen molar-refractivity contribution in [3.63, 3.8) is 0 Å². The van der Waals surface area contributed by atoms with Gasteiger partial charge in [-0.1, -0.05) is 48.6 Å². The van der Waals surface area contributed by atoms with Crippen molar-refractivity contribution in [2.45, 2.75) is 32.3 Å². The van der Waals surface area contributed by atoms with E-state index in [0.717, 1.165) is 30.8 Å². The Hall–Kier alpha value is -2.37. The van der Waals surface area contributed by atoms with E-state index >= 15 is 0 Å². The van der Waals surface area contributed by atoms with Gasteiger partial charge in [0, 0.05) is 11.1 Å². The van der Waals surface area contributed by atoms with Gasteiger partial charge < -0.3 is 15.2 Å². The number of benzene rings is 2. The van der Waals surface area contributed by atoms with E-state index in [9.17, 15) is 0 Å². The summed E-state index contributed by atoms with van der Waals surface area (Å²) in [4.78, 5) is 5.59. The highest BCUT2D eigenvalue weighted by atomic mass is 32.1. The van der Waals surface area contributed by atoms with Crippen LogP contribution in [-0.2, 0) is 12.8 Å². The van der Waals surface area contributed by atoms with Crippen LogP contribution in [0, 0.1) is 5.92 Å². The summed E-state index contributed by atoms with van der Waals surface area (Å²) >= 11 is 1.59.